The average Bonchev–Trinajstić information content (AvgIpc) is 3.73. The molecule has 0 bridgehead atoms. The molecule has 6 rings (SSSR count). The van der Waals surface area contributed by atoms with Gasteiger partial charge in [-0.3, -0.25) is 0 Å². The van der Waals surface area contributed by atoms with Crippen LogP contribution in [-0.2, 0) is 26.1 Å². The van der Waals surface area contributed by atoms with Crippen LogP contribution in [0.25, 0.3) is 16.6 Å². The summed E-state index contributed by atoms with van der Waals surface area (Å²) in [5, 5.41) is 26.0. The third-order valence-electron chi connectivity index (χ3n) is 7.35. The second-order valence-corrected chi connectivity index (χ2v) is 10.0. The number of imidazole rings is 1. The van der Waals surface area contributed by atoms with Gasteiger partial charge in [-0.15, -0.1) is 5.10 Å². The van der Waals surface area contributed by atoms with Crippen molar-refractivity contribution >= 4 is 22.5 Å². The molecule has 0 saturated carbocycles. The Morgan fingerprint density at radius 2 is 1.85 bits per heavy atom. The summed E-state index contributed by atoms with van der Waals surface area (Å²) in [4.78, 5) is 9.18. The van der Waals surface area contributed by atoms with Crippen LogP contribution in [0.1, 0.15) is 33.9 Å². The molecular weight excluding hydrogens is 528 g/mol. The summed E-state index contributed by atoms with van der Waals surface area (Å²) >= 11 is 7.08. The van der Waals surface area contributed by atoms with E-state index in [1.807, 2.05) is 73.3 Å². The van der Waals surface area contributed by atoms with Gasteiger partial charge in [0.2, 0.25) is 5.88 Å². The van der Waals surface area contributed by atoms with Crippen molar-refractivity contribution in [2.45, 2.75) is 18.9 Å². The van der Waals surface area contributed by atoms with Crippen LogP contribution in [0, 0.1) is 6.92 Å². The maximum atomic E-state index is 12.4. The van der Waals surface area contributed by atoms with Gasteiger partial charge in [-0.05, 0) is 48.4 Å². The molecule has 10 nitrogen and oxygen atoms in total. The fourth-order valence-corrected chi connectivity index (χ4v) is 5.36. The number of hydrogen-bond acceptors (Lipinski definition) is 7. The van der Waals surface area contributed by atoms with Gasteiger partial charge in [-0.1, -0.05) is 35.0 Å². The van der Waals surface area contributed by atoms with Crippen molar-refractivity contribution in [2.75, 3.05) is 7.11 Å². The molecule has 0 radical (unpaired) electrons. The number of aryl methyl sites for hydroxylation is 2. The van der Waals surface area contributed by atoms with E-state index >= 15 is 0 Å². The molecule has 6 aromatic rings. The van der Waals surface area contributed by atoms with Crippen LogP contribution < -0.4 is 4.74 Å². The molecule has 2 aromatic carbocycles. The Morgan fingerprint density at radius 3 is 2.48 bits per heavy atom. The molecule has 0 fully saturated rings. The second-order valence-electron chi connectivity index (χ2n) is 9.64. The lowest BCUT2D eigenvalue weighted by Gasteiger charge is -2.29. The van der Waals surface area contributed by atoms with Crippen LogP contribution in [0.4, 0.5) is 0 Å². The number of aliphatic hydroxyl groups is 1. The van der Waals surface area contributed by atoms with Crippen LogP contribution >= 0.6 is 11.6 Å². The first-order valence-corrected chi connectivity index (χ1v) is 13.0. The lowest BCUT2D eigenvalue weighted by molar-refractivity contribution is 0.108. The van der Waals surface area contributed by atoms with Gasteiger partial charge in [0, 0.05) is 43.9 Å². The minimum Gasteiger partial charge on any atom is -0.481 e. The molecule has 0 aliphatic rings. The quantitative estimate of drug-likeness (QED) is 0.316. The average molecular weight is 555 g/mol. The van der Waals surface area contributed by atoms with Crippen LogP contribution in [0.15, 0.2) is 73.3 Å². The van der Waals surface area contributed by atoms with Gasteiger partial charge in [0.1, 0.15) is 11.5 Å². The third kappa shape index (κ3) is 4.12. The minimum absolute atomic E-state index is 0.453. The molecule has 0 amide bonds. The van der Waals surface area contributed by atoms with Gasteiger partial charge in [0.05, 0.1) is 41.4 Å². The summed E-state index contributed by atoms with van der Waals surface area (Å²) in [5.41, 5.74) is 3.44. The number of rotatable bonds is 7. The first-order chi connectivity index (χ1) is 19.3. The highest BCUT2D eigenvalue weighted by Crippen LogP contribution is 2.40. The Balaban J connectivity index is 1.48. The van der Waals surface area contributed by atoms with Gasteiger partial charge in [0.25, 0.3) is 0 Å². The molecule has 4 heterocycles. The number of aromatic nitrogens is 8. The van der Waals surface area contributed by atoms with Crippen LogP contribution in [0.3, 0.4) is 0 Å². The Hall–Kier alpha value is -4.54. The van der Waals surface area contributed by atoms with Crippen LogP contribution in [0.5, 0.6) is 5.88 Å². The summed E-state index contributed by atoms with van der Waals surface area (Å²) in [7, 11) is 5.19. The van der Waals surface area contributed by atoms with E-state index in [2.05, 4.69) is 20.4 Å². The Labute approximate surface area is 235 Å². The lowest BCUT2D eigenvalue weighted by atomic mass is 9.86. The van der Waals surface area contributed by atoms with Crippen molar-refractivity contribution in [3.8, 4) is 11.6 Å². The van der Waals surface area contributed by atoms with Crippen molar-refractivity contribution < 1.29 is 9.84 Å². The van der Waals surface area contributed by atoms with Gasteiger partial charge in [-0.2, -0.15) is 5.10 Å². The van der Waals surface area contributed by atoms with Crippen LogP contribution in [0.2, 0.25) is 5.02 Å². The Morgan fingerprint density at radius 1 is 1.05 bits per heavy atom. The number of fused-ring (bicyclic) bond motifs is 1. The molecule has 202 valence electrons. The number of nitrogens with zero attached hydrogens (tertiary/aromatic N) is 8. The summed E-state index contributed by atoms with van der Waals surface area (Å²) in [6, 6.07) is 15.5. The first-order valence-electron chi connectivity index (χ1n) is 12.6. The van der Waals surface area contributed by atoms with E-state index in [4.69, 9.17) is 21.3 Å². The normalized spacial score (nSPS) is 13.1. The van der Waals surface area contributed by atoms with Crippen molar-refractivity contribution in [1.29, 1.82) is 0 Å². The summed E-state index contributed by atoms with van der Waals surface area (Å²) < 4.78 is 10.9. The smallest absolute Gasteiger partial charge is 0.218 e. The van der Waals surface area contributed by atoms with Crippen molar-refractivity contribution in [1.82, 2.24) is 39.3 Å². The topological polar surface area (TPSA) is 109 Å². The zero-order valence-electron chi connectivity index (χ0n) is 22.4. The fraction of sp³-hybridized carbons (Fsp3) is 0.207. The zero-order chi connectivity index (χ0) is 28.0. The van der Waals surface area contributed by atoms with Gasteiger partial charge >= 0.3 is 0 Å². The first kappa shape index (κ1) is 25.7. The molecule has 4 aromatic heterocycles. The molecule has 1 unspecified atom stereocenters. The zero-order valence-corrected chi connectivity index (χ0v) is 23.2. The van der Waals surface area contributed by atoms with Gasteiger partial charge < -0.3 is 14.4 Å². The minimum atomic E-state index is -1.60. The van der Waals surface area contributed by atoms with E-state index < -0.39 is 5.60 Å². The molecule has 1 atom stereocenters. The van der Waals surface area contributed by atoms with Crippen molar-refractivity contribution in [2.24, 2.45) is 14.1 Å². The van der Waals surface area contributed by atoms with E-state index in [1.165, 1.54) is 0 Å². The summed E-state index contributed by atoms with van der Waals surface area (Å²) in [6.07, 6.45) is 7.37. The SMILES string of the molecule is COc1nc2ccc(C(O)(c3cnnn3C)c3cnc(C)n3C)cc2c(Cl)c1Cc1ccc(-n2cccn2)cc1. The molecule has 11 heteroatoms. The number of ether oxygens (including phenoxy) is 1. The highest BCUT2D eigenvalue weighted by Gasteiger charge is 2.40. The third-order valence-corrected chi connectivity index (χ3v) is 7.78. The predicted octanol–water partition coefficient (Wildman–Crippen LogP) is 4.13. The monoisotopic (exact) mass is 554 g/mol. The van der Waals surface area contributed by atoms with Gasteiger partial charge in [-0.25, -0.2) is 19.3 Å². The molecule has 0 spiro atoms. The maximum absolute atomic E-state index is 12.4. The summed E-state index contributed by atoms with van der Waals surface area (Å²) in [6.45, 7) is 1.88. The molecular formula is C29H27ClN8O2. The highest BCUT2D eigenvalue weighted by molar-refractivity contribution is 6.36. The summed E-state index contributed by atoms with van der Waals surface area (Å²) in [5.74, 6) is 1.21. The van der Waals surface area contributed by atoms with Crippen molar-refractivity contribution in [3.63, 3.8) is 0 Å². The fourth-order valence-electron chi connectivity index (χ4n) is 5.06. The van der Waals surface area contributed by atoms with E-state index in [9.17, 15) is 5.11 Å². The maximum Gasteiger partial charge on any atom is 0.218 e. The second kappa shape index (κ2) is 9.89. The van der Waals surface area contributed by atoms with Crippen LogP contribution in [-0.4, -0.2) is 51.5 Å². The molecule has 1 N–H and O–H groups in total. The van der Waals surface area contributed by atoms with Crippen molar-refractivity contribution in [3.05, 3.63) is 112 Å². The van der Waals surface area contributed by atoms with E-state index in [0.717, 1.165) is 22.6 Å². The molecule has 40 heavy (non-hydrogen) atoms. The molecule has 0 saturated heterocycles. The Bertz CT molecular complexity index is 1830. The lowest BCUT2D eigenvalue weighted by Crippen LogP contribution is -2.33. The Kier molecular flexibility index (Phi) is 6.36. The number of methoxy groups -OCH3 is 1. The number of halogens is 1. The number of pyridine rings is 1. The number of hydrogen-bond donors (Lipinski definition) is 1. The van der Waals surface area contributed by atoms with Gasteiger partial charge in [0.15, 0.2) is 5.60 Å². The standard InChI is InChI=1S/C29H27ClN8O2/c1-18-31-16-25(36(18)2)29(39,26-17-32-35-37(26)3)20-8-11-24-22(15-20)27(30)23(28(34-24)40-4)14-19-6-9-21(10-7-19)38-13-5-12-33-38/h5-13,15-17,39H,14H2,1-4H3. The molecule has 0 aliphatic carbocycles. The van der Waals surface area contributed by atoms with E-state index in [0.29, 0.717) is 45.2 Å². The molecule has 0 aliphatic heterocycles. The number of benzene rings is 2. The highest BCUT2D eigenvalue weighted by atomic mass is 35.5. The largest absolute Gasteiger partial charge is 0.481 e. The predicted molar refractivity (Wildman–Crippen MR) is 151 cm³/mol. The van der Waals surface area contributed by atoms with E-state index in [-0.39, 0.29) is 0 Å². The van der Waals surface area contributed by atoms with E-state index in [1.54, 1.807) is 42.1 Å².